The zero-order valence-electron chi connectivity index (χ0n) is 14.7. The molecule has 0 atom stereocenters. The van der Waals surface area contributed by atoms with Crippen LogP contribution in [0.1, 0.15) is 31.9 Å². The van der Waals surface area contributed by atoms with E-state index in [-0.39, 0.29) is 12.0 Å². The van der Waals surface area contributed by atoms with Gasteiger partial charge in [-0.25, -0.2) is 9.97 Å². The van der Waals surface area contributed by atoms with Crippen LogP contribution in [0.3, 0.4) is 0 Å². The summed E-state index contributed by atoms with van der Waals surface area (Å²) in [6.07, 6.45) is 3.74. The van der Waals surface area contributed by atoms with Crippen molar-refractivity contribution in [3.63, 3.8) is 0 Å². The van der Waals surface area contributed by atoms with E-state index < -0.39 is 0 Å². The molecule has 0 amide bonds. The average Bonchev–Trinajstić information content (AvgIpc) is 3.09. The lowest BCUT2D eigenvalue weighted by Gasteiger charge is -2.19. The van der Waals surface area contributed by atoms with Gasteiger partial charge in [0.1, 0.15) is 5.69 Å². The molecule has 0 aliphatic rings. The number of rotatable bonds is 2. The molecule has 4 nitrogen and oxygen atoms in total. The highest BCUT2D eigenvalue weighted by Crippen LogP contribution is 2.29. The Kier molecular flexibility index (Phi) is 3.58. The molecule has 0 bridgehead atoms. The maximum Gasteiger partial charge on any atom is 0.163 e. The lowest BCUT2D eigenvalue weighted by atomic mass is 9.86. The molecule has 25 heavy (non-hydrogen) atoms. The van der Waals surface area contributed by atoms with Crippen molar-refractivity contribution in [3.8, 4) is 11.3 Å². The van der Waals surface area contributed by atoms with E-state index in [1.807, 2.05) is 24.4 Å². The van der Waals surface area contributed by atoms with Gasteiger partial charge in [-0.05, 0) is 28.7 Å². The smallest absolute Gasteiger partial charge is 0.163 e. The van der Waals surface area contributed by atoms with Crippen LogP contribution in [0.25, 0.3) is 27.9 Å². The first kappa shape index (κ1) is 15.8. The minimum Gasteiger partial charge on any atom is -0.392 e. The molecule has 0 spiro atoms. The summed E-state index contributed by atoms with van der Waals surface area (Å²) in [7, 11) is 0. The fourth-order valence-electron chi connectivity index (χ4n) is 3.13. The lowest BCUT2D eigenvalue weighted by molar-refractivity contribution is 0.282. The van der Waals surface area contributed by atoms with Crippen molar-refractivity contribution < 1.29 is 5.11 Å². The molecular formula is C21H21N3O. The van der Waals surface area contributed by atoms with Gasteiger partial charge in [0.05, 0.1) is 17.6 Å². The number of imidazole rings is 1. The van der Waals surface area contributed by atoms with Gasteiger partial charge in [-0.3, -0.25) is 4.40 Å². The molecule has 0 aliphatic carbocycles. The van der Waals surface area contributed by atoms with Crippen molar-refractivity contribution in [2.45, 2.75) is 32.8 Å². The van der Waals surface area contributed by atoms with Gasteiger partial charge in [0, 0.05) is 18.0 Å². The third-order valence-corrected chi connectivity index (χ3v) is 4.59. The third kappa shape index (κ3) is 2.68. The van der Waals surface area contributed by atoms with Crippen LogP contribution in [0, 0.1) is 0 Å². The van der Waals surface area contributed by atoms with Gasteiger partial charge < -0.3 is 5.11 Å². The number of aliphatic hydroxyl groups is 1. The maximum absolute atomic E-state index is 9.42. The van der Waals surface area contributed by atoms with Crippen molar-refractivity contribution in [3.05, 3.63) is 66.0 Å². The van der Waals surface area contributed by atoms with E-state index >= 15 is 0 Å². The topological polar surface area (TPSA) is 50.4 Å². The molecule has 0 fully saturated rings. The summed E-state index contributed by atoms with van der Waals surface area (Å²) in [6.45, 7) is 6.63. The highest BCUT2D eigenvalue weighted by atomic mass is 16.3. The van der Waals surface area contributed by atoms with Gasteiger partial charge in [0.2, 0.25) is 0 Å². The van der Waals surface area contributed by atoms with Crippen molar-refractivity contribution in [2.75, 3.05) is 0 Å². The molecule has 2 aromatic heterocycles. The predicted octanol–water partition coefficient (Wildman–Crippen LogP) is 4.34. The Labute approximate surface area is 146 Å². The van der Waals surface area contributed by atoms with Crippen LogP contribution in [0.5, 0.6) is 0 Å². The summed E-state index contributed by atoms with van der Waals surface area (Å²) >= 11 is 0. The maximum atomic E-state index is 9.42. The molecular weight excluding hydrogens is 310 g/mol. The first-order valence-electron chi connectivity index (χ1n) is 8.45. The number of hydrogen-bond acceptors (Lipinski definition) is 3. The van der Waals surface area contributed by atoms with E-state index in [0.29, 0.717) is 0 Å². The molecule has 2 heterocycles. The molecule has 0 radical (unpaired) electrons. The molecule has 0 saturated heterocycles. The van der Waals surface area contributed by atoms with Crippen molar-refractivity contribution in [1.29, 1.82) is 0 Å². The van der Waals surface area contributed by atoms with E-state index in [0.717, 1.165) is 33.5 Å². The highest BCUT2D eigenvalue weighted by Gasteiger charge is 2.15. The summed E-state index contributed by atoms with van der Waals surface area (Å²) in [5.74, 6) is 0. The Morgan fingerprint density at radius 3 is 2.48 bits per heavy atom. The summed E-state index contributed by atoms with van der Waals surface area (Å²) in [5.41, 5.74) is 6.84. The standard InChI is InChI=1S/C21H21N3O/c1-21(2,3)16-7-5-15(6-8-16)19-20-22-10-11-24(20)18-9-4-14(13-25)12-17(18)23-19/h4-12,25H,13H2,1-3H3. The van der Waals surface area contributed by atoms with Gasteiger partial charge in [0.25, 0.3) is 0 Å². The van der Waals surface area contributed by atoms with Gasteiger partial charge in [-0.1, -0.05) is 51.1 Å². The Balaban J connectivity index is 1.94. The lowest BCUT2D eigenvalue weighted by Crippen LogP contribution is -2.10. The van der Waals surface area contributed by atoms with E-state index in [1.165, 1.54) is 5.56 Å². The number of nitrogens with zero attached hydrogens (tertiary/aromatic N) is 3. The SMILES string of the molecule is CC(C)(C)c1ccc(-c2nc3cc(CO)ccc3n3ccnc23)cc1. The van der Waals surface area contributed by atoms with Crippen molar-refractivity contribution in [1.82, 2.24) is 14.4 Å². The molecule has 0 unspecified atom stereocenters. The Morgan fingerprint density at radius 1 is 1.04 bits per heavy atom. The number of benzene rings is 2. The van der Waals surface area contributed by atoms with Crippen molar-refractivity contribution >= 4 is 16.7 Å². The average molecular weight is 331 g/mol. The van der Waals surface area contributed by atoms with Crippen LogP contribution in [-0.4, -0.2) is 19.5 Å². The second-order valence-electron chi connectivity index (χ2n) is 7.39. The minimum atomic E-state index is 0.00913. The largest absolute Gasteiger partial charge is 0.392 e. The van der Waals surface area contributed by atoms with Crippen LogP contribution in [0.15, 0.2) is 54.9 Å². The quantitative estimate of drug-likeness (QED) is 0.594. The van der Waals surface area contributed by atoms with E-state index in [2.05, 4.69) is 54.4 Å². The van der Waals surface area contributed by atoms with Crippen LogP contribution < -0.4 is 0 Å². The third-order valence-electron chi connectivity index (χ3n) is 4.59. The molecule has 4 aromatic rings. The van der Waals surface area contributed by atoms with Crippen LogP contribution in [-0.2, 0) is 12.0 Å². The molecule has 126 valence electrons. The summed E-state index contributed by atoms with van der Waals surface area (Å²) in [4.78, 5) is 9.36. The van der Waals surface area contributed by atoms with Gasteiger partial charge in [-0.2, -0.15) is 0 Å². The Hall–Kier alpha value is -2.72. The summed E-state index contributed by atoms with van der Waals surface area (Å²) in [6, 6.07) is 14.4. The van der Waals surface area contributed by atoms with E-state index in [9.17, 15) is 5.11 Å². The number of fused-ring (bicyclic) bond motifs is 3. The highest BCUT2D eigenvalue weighted by molar-refractivity contribution is 5.86. The summed E-state index contributed by atoms with van der Waals surface area (Å²) in [5, 5.41) is 9.42. The zero-order chi connectivity index (χ0) is 17.6. The number of aromatic nitrogens is 3. The molecule has 2 aromatic carbocycles. The Morgan fingerprint density at radius 2 is 1.80 bits per heavy atom. The minimum absolute atomic E-state index is 0.00913. The number of aliphatic hydroxyl groups excluding tert-OH is 1. The molecule has 4 heteroatoms. The van der Waals surface area contributed by atoms with E-state index in [4.69, 9.17) is 4.98 Å². The van der Waals surface area contributed by atoms with Gasteiger partial charge in [0.15, 0.2) is 5.65 Å². The monoisotopic (exact) mass is 331 g/mol. The first-order chi connectivity index (χ1) is 12.0. The fourth-order valence-corrected chi connectivity index (χ4v) is 3.13. The second kappa shape index (κ2) is 5.67. The van der Waals surface area contributed by atoms with Gasteiger partial charge in [-0.15, -0.1) is 0 Å². The van der Waals surface area contributed by atoms with Gasteiger partial charge >= 0.3 is 0 Å². The molecule has 4 rings (SSSR count). The Bertz CT molecular complexity index is 1060. The zero-order valence-corrected chi connectivity index (χ0v) is 14.7. The second-order valence-corrected chi connectivity index (χ2v) is 7.39. The van der Waals surface area contributed by atoms with Crippen LogP contribution in [0.4, 0.5) is 0 Å². The molecule has 0 aliphatic heterocycles. The normalized spacial score (nSPS) is 12.2. The molecule has 0 saturated carbocycles. The van der Waals surface area contributed by atoms with Crippen molar-refractivity contribution in [2.24, 2.45) is 0 Å². The number of hydrogen-bond donors (Lipinski definition) is 1. The van der Waals surface area contributed by atoms with E-state index in [1.54, 1.807) is 6.20 Å². The predicted molar refractivity (Wildman–Crippen MR) is 101 cm³/mol. The van der Waals surface area contributed by atoms with Crippen LogP contribution in [0.2, 0.25) is 0 Å². The summed E-state index contributed by atoms with van der Waals surface area (Å²) < 4.78 is 2.05. The fraction of sp³-hybridized carbons (Fsp3) is 0.238. The van der Waals surface area contributed by atoms with Crippen LogP contribution >= 0.6 is 0 Å². The first-order valence-corrected chi connectivity index (χ1v) is 8.45. The molecule has 1 N–H and O–H groups in total.